The molecule has 0 saturated heterocycles. The first-order valence-corrected chi connectivity index (χ1v) is 7.35. The van der Waals surface area contributed by atoms with Gasteiger partial charge in [0.15, 0.2) is 5.82 Å². The Morgan fingerprint density at radius 2 is 1.91 bits per heavy atom. The fourth-order valence-electron chi connectivity index (χ4n) is 2.91. The van der Waals surface area contributed by atoms with Crippen molar-refractivity contribution in [3.8, 4) is 0 Å². The zero-order valence-corrected chi connectivity index (χ0v) is 12.2. The molecule has 23 heavy (non-hydrogen) atoms. The first-order valence-electron chi connectivity index (χ1n) is 7.35. The number of nitrogens with zero attached hydrogens (tertiary/aromatic N) is 1. The van der Waals surface area contributed by atoms with Gasteiger partial charge in [0.25, 0.3) is 5.91 Å². The number of carbonyl (C=O) groups excluding carboxylic acids is 2. The van der Waals surface area contributed by atoms with Crippen LogP contribution in [-0.2, 0) is 4.79 Å². The van der Waals surface area contributed by atoms with Crippen molar-refractivity contribution >= 4 is 28.5 Å². The fraction of sp³-hybridized carbons (Fsp3) is 0.118. The molecule has 0 unspecified atom stereocenters. The molecule has 4 rings (SSSR count). The molecule has 0 saturated carbocycles. The van der Waals surface area contributed by atoms with Gasteiger partial charge < -0.3 is 10.6 Å². The number of rotatable bonds is 3. The monoisotopic (exact) mass is 306 g/mol. The van der Waals surface area contributed by atoms with Crippen LogP contribution in [0.4, 0.5) is 5.82 Å². The molecule has 0 aliphatic carbocycles. The molecule has 1 aliphatic heterocycles. The van der Waals surface area contributed by atoms with Crippen LogP contribution in [0.25, 0.3) is 10.9 Å². The summed E-state index contributed by atoms with van der Waals surface area (Å²) in [7, 11) is 0. The summed E-state index contributed by atoms with van der Waals surface area (Å²) in [5.74, 6) is 0.177. The normalized spacial score (nSPS) is 16.2. The molecule has 3 aromatic rings. The molecule has 1 aliphatic rings. The second-order valence-electron chi connectivity index (χ2n) is 5.48. The van der Waals surface area contributed by atoms with Gasteiger partial charge in [0.05, 0.1) is 18.0 Å². The second kappa shape index (κ2) is 5.24. The highest BCUT2D eigenvalue weighted by Gasteiger charge is 2.29. The van der Waals surface area contributed by atoms with Crippen molar-refractivity contribution in [3.63, 3.8) is 0 Å². The lowest BCUT2D eigenvalue weighted by Gasteiger charge is -2.11. The number of aromatic nitrogens is 2. The van der Waals surface area contributed by atoms with Crippen molar-refractivity contribution < 1.29 is 9.59 Å². The smallest absolute Gasteiger partial charge is 0.252 e. The van der Waals surface area contributed by atoms with Gasteiger partial charge in [0.1, 0.15) is 0 Å². The molecule has 0 fully saturated rings. The number of benzene rings is 2. The van der Waals surface area contributed by atoms with Crippen molar-refractivity contribution in [2.24, 2.45) is 0 Å². The maximum Gasteiger partial charge on any atom is 0.252 e. The predicted molar refractivity (Wildman–Crippen MR) is 86.0 cm³/mol. The number of aromatic amines is 1. The molecule has 2 heterocycles. The minimum atomic E-state index is -0.302. The van der Waals surface area contributed by atoms with Crippen LogP contribution >= 0.6 is 0 Å². The van der Waals surface area contributed by atoms with E-state index in [0.717, 1.165) is 16.5 Å². The third kappa shape index (κ3) is 2.34. The molecule has 1 aromatic heterocycles. The van der Waals surface area contributed by atoms with E-state index in [4.69, 9.17) is 0 Å². The van der Waals surface area contributed by atoms with Gasteiger partial charge in [-0.3, -0.25) is 14.7 Å². The number of H-pyrrole nitrogens is 1. The number of anilines is 1. The number of hydrogen-bond acceptors (Lipinski definition) is 3. The Morgan fingerprint density at radius 3 is 2.83 bits per heavy atom. The van der Waals surface area contributed by atoms with Crippen LogP contribution in [0.15, 0.2) is 48.5 Å². The zero-order chi connectivity index (χ0) is 15.8. The lowest BCUT2D eigenvalue weighted by molar-refractivity contribution is -0.116. The molecule has 0 spiro atoms. The Hall–Kier alpha value is -3.15. The molecule has 2 amide bonds. The molecule has 6 heteroatoms. The van der Waals surface area contributed by atoms with E-state index in [1.807, 2.05) is 42.5 Å². The van der Waals surface area contributed by atoms with E-state index < -0.39 is 0 Å². The van der Waals surface area contributed by atoms with Crippen molar-refractivity contribution in [3.05, 3.63) is 59.7 Å². The van der Waals surface area contributed by atoms with Gasteiger partial charge in [-0.1, -0.05) is 30.3 Å². The van der Waals surface area contributed by atoms with Crippen LogP contribution in [0.1, 0.15) is 28.4 Å². The quantitative estimate of drug-likeness (QED) is 0.694. The second-order valence-corrected chi connectivity index (χ2v) is 5.48. The molecule has 0 bridgehead atoms. The van der Waals surface area contributed by atoms with Crippen LogP contribution < -0.4 is 10.6 Å². The summed E-state index contributed by atoms with van der Waals surface area (Å²) in [4.78, 5) is 24.2. The highest BCUT2D eigenvalue weighted by molar-refractivity contribution is 6.02. The van der Waals surface area contributed by atoms with Gasteiger partial charge in [-0.05, 0) is 23.8 Å². The summed E-state index contributed by atoms with van der Waals surface area (Å²) in [5.41, 5.74) is 2.36. The molecule has 1 atom stereocenters. The number of carbonyl (C=O) groups is 2. The van der Waals surface area contributed by atoms with E-state index >= 15 is 0 Å². The van der Waals surface area contributed by atoms with Crippen molar-refractivity contribution in [1.29, 1.82) is 0 Å². The average Bonchev–Trinajstić information content (AvgIpc) is 3.10. The van der Waals surface area contributed by atoms with Gasteiger partial charge in [0, 0.05) is 10.9 Å². The van der Waals surface area contributed by atoms with Gasteiger partial charge in [-0.2, -0.15) is 5.10 Å². The molecule has 0 radical (unpaired) electrons. The lowest BCUT2D eigenvalue weighted by atomic mass is 10.0. The summed E-state index contributed by atoms with van der Waals surface area (Å²) < 4.78 is 0. The minimum Gasteiger partial charge on any atom is -0.345 e. The molecule has 2 aromatic carbocycles. The Bertz CT molecular complexity index is 916. The number of para-hydroxylation sites is 1. The predicted octanol–water partition coefficient (Wildman–Crippen LogP) is 2.38. The summed E-state index contributed by atoms with van der Waals surface area (Å²) in [5, 5.41) is 13.5. The van der Waals surface area contributed by atoms with Gasteiger partial charge in [-0.25, -0.2) is 0 Å². The number of nitrogens with one attached hydrogen (secondary N) is 3. The van der Waals surface area contributed by atoms with E-state index in [2.05, 4.69) is 20.8 Å². The maximum atomic E-state index is 12.3. The standard InChI is InChI=1S/C17H14N4O2/c22-15(19-16-12-7-3-4-8-13(12)20-21-16)9-14-10-5-1-2-6-11(10)17(23)18-14/h1-8,14H,9H2,(H,18,23)(H2,19,20,21,22)/t14-/m0/s1. The van der Waals surface area contributed by atoms with E-state index in [1.54, 1.807) is 6.07 Å². The van der Waals surface area contributed by atoms with Gasteiger partial charge >= 0.3 is 0 Å². The van der Waals surface area contributed by atoms with E-state index in [0.29, 0.717) is 11.4 Å². The van der Waals surface area contributed by atoms with Crippen LogP contribution in [0, 0.1) is 0 Å². The van der Waals surface area contributed by atoms with Crippen LogP contribution in [0.2, 0.25) is 0 Å². The Kier molecular flexibility index (Phi) is 3.08. The van der Waals surface area contributed by atoms with Crippen LogP contribution in [0.3, 0.4) is 0 Å². The highest BCUT2D eigenvalue weighted by Crippen LogP contribution is 2.28. The summed E-state index contributed by atoms with van der Waals surface area (Å²) in [6.07, 6.45) is 0.171. The Morgan fingerprint density at radius 1 is 1.13 bits per heavy atom. The maximum absolute atomic E-state index is 12.3. The number of amides is 2. The lowest BCUT2D eigenvalue weighted by Crippen LogP contribution is -2.24. The SMILES string of the molecule is O=C(C[C@@H]1NC(=O)c2ccccc21)Nc1n[nH]c2ccccc12. The van der Waals surface area contributed by atoms with E-state index in [9.17, 15) is 9.59 Å². The fourth-order valence-corrected chi connectivity index (χ4v) is 2.91. The van der Waals surface area contributed by atoms with Crippen molar-refractivity contribution in [2.75, 3.05) is 5.32 Å². The summed E-state index contributed by atoms with van der Waals surface area (Å²) in [6, 6.07) is 14.6. The molecular weight excluding hydrogens is 292 g/mol. The number of hydrogen-bond donors (Lipinski definition) is 3. The number of fused-ring (bicyclic) bond motifs is 2. The third-order valence-corrected chi connectivity index (χ3v) is 4.00. The zero-order valence-electron chi connectivity index (χ0n) is 12.2. The molecule has 6 nitrogen and oxygen atoms in total. The van der Waals surface area contributed by atoms with Crippen molar-refractivity contribution in [2.45, 2.75) is 12.5 Å². The van der Waals surface area contributed by atoms with Crippen LogP contribution in [-0.4, -0.2) is 22.0 Å². The first-order chi connectivity index (χ1) is 11.2. The van der Waals surface area contributed by atoms with E-state index in [-0.39, 0.29) is 24.3 Å². The summed E-state index contributed by atoms with van der Waals surface area (Å²) in [6.45, 7) is 0. The average molecular weight is 306 g/mol. The molecule has 114 valence electrons. The van der Waals surface area contributed by atoms with Crippen LogP contribution in [0.5, 0.6) is 0 Å². The van der Waals surface area contributed by atoms with E-state index in [1.165, 1.54) is 0 Å². The first kappa shape index (κ1) is 13.5. The minimum absolute atomic E-state index is 0.136. The van der Waals surface area contributed by atoms with Gasteiger partial charge in [0.2, 0.25) is 5.91 Å². The van der Waals surface area contributed by atoms with Crippen molar-refractivity contribution in [1.82, 2.24) is 15.5 Å². The largest absolute Gasteiger partial charge is 0.345 e. The topological polar surface area (TPSA) is 86.9 Å². The third-order valence-electron chi connectivity index (χ3n) is 4.00. The Balaban J connectivity index is 1.52. The highest BCUT2D eigenvalue weighted by atomic mass is 16.2. The summed E-state index contributed by atoms with van der Waals surface area (Å²) >= 11 is 0. The van der Waals surface area contributed by atoms with Gasteiger partial charge in [-0.15, -0.1) is 0 Å². The molecule has 3 N–H and O–H groups in total. The Labute approximate surface area is 131 Å². The molecular formula is C17H14N4O2.